The van der Waals surface area contributed by atoms with E-state index in [9.17, 15) is 9.59 Å². The minimum Gasteiger partial charge on any atom is -0.461 e. The maximum absolute atomic E-state index is 12.5. The lowest BCUT2D eigenvalue weighted by atomic mass is 9.83. The molecule has 1 N–H and O–H groups in total. The Labute approximate surface area is 156 Å². The molecule has 144 valence electrons. The van der Waals surface area contributed by atoms with E-state index < -0.39 is 23.2 Å². The summed E-state index contributed by atoms with van der Waals surface area (Å²) in [4.78, 5) is 24.4. The van der Waals surface area contributed by atoms with Crippen LogP contribution in [0.15, 0.2) is 30.3 Å². The van der Waals surface area contributed by atoms with Gasteiger partial charge in [0.25, 0.3) is 0 Å². The largest absolute Gasteiger partial charge is 0.461 e. The lowest BCUT2D eigenvalue weighted by Gasteiger charge is -2.32. The second kappa shape index (κ2) is 8.11. The first kappa shape index (κ1) is 20.3. The average Bonchev–Trinajstić information content (AvgIpc) is 2.54. The summed E-state index contributed by atoms with van der Waals surface area (Å²) in [6, 6.07) is 10.5. The van der Waals surface area contributed by atoms with E-state index in [1.165, 1.54) is 5.56 Å². The van der Waals surface area contributed by atoms with E-state index >= 15 is 0 Å². The van der Waals surface area contributed by atoms with E-state index in [-0.39, 0.29) is 6.10 Å². The molecule has 1 saturated carbocycles. The molecule has 5 nitrogen and oxygen atoms in total. The fourth-order valence-electron chi connectivity index (χ4n) is 3.15. The molecule has 0 atom stereocenters. The number of carbonyl (C=O) groups is 2. The first-order valence-electron chi connectivity index (χ1n) is 9.34. The van der Waals surface area contributed by atoms with Crippen molar-refractivity contribution in [3.8, 4) is 0 Å². The normalized spacial score (nSPS) is 21.0. The topological polar surface area (TPSA) is 64.6 Å². The summed E-state index contributed by atoms with van der Waals surface area (Å²) >= 11 is 0. The zero-order chi connectivity index (χ0) is 19.4. The van der Waals surface area contributed by atoms with Crippen LogP contribution in [0.5, 0.6) is 0 Å². The van der Waals surface area contributed by atoms with Gasteiger partial charge in [-0.3, -0.25) is 0 Å². The predicted octanol–water partition coefficient (Wildman–Crippen LogP) is 4.56. The number of esters is 1. The standard InChI is InChI=1S/C21H31NO4/c1-20(2,3)26-19(24)22-21(4,5)18(23)25-17-13-11-16(12-14-17)15-9-7-6-8-10-15/h6-10,16-17H,11-14H2,1-5H3,(H,22,24)/t16-,17-. The smallest absolute Gasteiger partial charge is 0.408 e. The van der Waals surface area contributed by atoms with Gasteiger partial charge in [-0.15, -0.1) is 0 Å². The minimum absolute atomic E-state index is 0.0952. The lowest BCUT2D eigenvalue weighted by molar-refractivity contribution is -0.157. The maximum Gasteiger partial charge on any atom is 0.408 e. The molecule has 1 aliphatic rings. The van der Waals surface area contributed by atoms with Gasteiger partial charge in [0.05, 0.1) is 0 Å². The highest BCUT2D eigenvalue weighted by molar-refractivity contribution is 5.85. The van der Waals surface area contributed by atoms with Gasteiger partial charge in [0.2, 0.25) is 0 Å². The van der Waals surface area contributed by atoms with Crippen molar-refractivity contribution < 1.29 is 19.1 Å². The molecule has 1 fully saturated rings. The van der Waals surface area contributed by atoms with Crippen molar-refractivity contribution in [2.75, 3.05) is 0 Å². The van der Waals surface area contributed by atoms with E-state index in [0.717, 1.165) is 25.7 Å². The number of ether oxygens (including phenoxy) is 2. The van der Waals surface area contributed by atoms with Crippen molar-refractivity contribution in [1.82, 2.24) is 5.32 Å². The number of hydrogen-bond donors (Lipinski definition) is 1. The highest BCUT2D eigenvalue weighted by Crippen LogP contribution is 2.34. The molecule has 2 rings (SSSR count). The molecule has 0 unspecified atom stereocenters. The Bertz CT molecular complexity index is 611. The molecule has 0 radical (unpaired) electrons. The predicted molar refractivity (Wildman–Crippen MR) is 101 cm³/mol. The molecule has 1 aromatic carbocycles. The van der Waals surface area contributed by atoms with Crippen LogP contribution in [0.4, 0.5) is 4.79 Å². The second-order valence-corrected chi connectivity index (χ2v) is 8.54. The Balaban J connectivity index is 1.83. The summed E-state index contributed by atoms with van der Waals surface area (Å²) in [5, 5.41) is 2.60. The number of hydrogen-bond acceptors (Lipinski definition) is 4. The van der Waals surface area contributed by atoms with Gasteiger partial charge in [-0.2, -0.15) is 0 Å². The molecule has 0 saturated heterocycles. The van der Waals surface area contributed by atoms with Gasteiger partial charge in [-0.05, 0) is 71.8 Å². The molecule has 0 aromatic heterocycles. The molecule has 5 heteroatoms. The van der Waals surface area contributed by atoms with Crippen LogP contribution in [-0.4, -0.2) is 29.3 Å². The third-order valence-electron chi connectivity index (χ3n) is 4.54. The zero-order valence-electron chi connectivity index (χ0n) is 16.5. The number of rotatable bonds is 4. The van der Waals surface area contributed by atoms with Crippen LogP contribution in [0.3, 0.4) is 0 Å². The fourth-order valence-corrected chi connectivity index (χ4v) is 3.15. The van der Waals surface area contributed by atoms with E-state index in [4.69, 9.17) is 9.47 Å². The van der Waals surface area contributed by atoms with Gasteiger partial charge in [-0.25, -0.2) is 9.59 Å². The number of carbonyl (C=O) groups excluding carboxylic acids is 2. The van der Waals surface area contributed by atoms with Crippen molar-refractivity contribution in [3.05, 3.63) is 35.9 Å². The van der Waals surface area contributed by atoms with Crippen molar-refractivity contribution in [2.45, 2.75) is 83.5 Å². The van der Waals surface area contributed by atoms with Crippen LogP contribution in [0.1, 0.15) is 71.8 Å². The Morgan fingerprint density at radius 3 is 2.08 bits per heavy atom. The van der Waals surface area contributed by atoms with E-state index in [1.54, 1.807) is 34.6 Å². The Morgan fingerprint density at radius 2 is 1.54 bits per heavy atom. The van der Waals surface area contributed by atoms with Crippen LogP contribution in [-0.2, 0) is 14.3 Å². The molecule has 1 aliphatic carbocycles. The van der Waals surface area contributed by atoms with Crippen molar-refractivity contribution >= 4 is 12.1 Å². The van der Waals surface area contributed by atoms with Gasteiger partial charge < -0.3 is 14.8 Å². The number of nitrogens with one attached hydrogen (secondary N) is 1. The van der Waals surface area contributed by atoms with E-state index in [2.05, 4.69) is 29.6 Å². The Hall–Kier alpha value is -2.04. The first-order valence-corrected chi connectivity index (χ1v) is 9.34. The third-order valence-corrected chi connectivity index (χ3v) is 4.54. The molecule has 0 bridgehead atoms. The number of alkyl carbamates (subject to hydrolysis) is 1. The molecule has 1 aromatic rings. The summed E-state index contributed by atoms with van der Waals surface area (Å²) in [7, 11) is 0. The van der Waals surface area contributed by atoms with Gasteiger partial charge in [0.15, 0.2) is 0 Å². The van der Waals surface area contributed by atoms with Gasteiger partial charge in [0, 0.05) is 0 Å². The van der Waals surface area contributed by atoms with Crippen molar-refractivity contribution in [3.63, 3.8) is 0 Å². The van der Waals surface area contributed by atoms with Crippen molar-refractivity contribution in [1.29, 1.82) is 0 Å². The summed E-state index contributed by atoms with van der Waals surface area (Å²) in [6.07, 6.45) is 2.97. The van der Waals surface area contributed by atoms with Gasteiger partial charge in [0.1, 0.15) is 17.2 Å². The molecular weight excluding hydrogens is 330 g/mol. The van der Waals surface area contributed by atoms with Crippen LogP contribution in [0, 0.1) is 0 Å². The summed E-state index contributed by atoms with van der Waals surface area (Å²) < 4.78 is 10.9. The number of amides is 1. The van der Waals surface area contributed by atoms with Crippen LogP contribution in [0.25, 0.3) is 0 Å². The molecule has 0 spiro atoms. The van der Waals surface area contributed by atoms with E-state index in [1.807, 2.05) is 6.07 Å². The second-order valence-electron chi connectivity index (χ2n) is 8.54. The quantitative estimate of drug-likeness (QED) is 0.799. The maximum atomic E-state index is 12.5. The SMILES string of the molecule is CC(C)(C)OC(=O)NC(C)(C)C(=O)O[C@H]1CC[C@H](c2ccccc2)CC1. The fraction of sp³-hybridized carbons (Fsp3) is 0.619. The molecule has 0 aliphatic heterocycles. The van der Waals surface area contributed by atoms with Crippen LogP contribution in [0.2, 0.25) is 0 Å². The number of benzene rings is 1. The summed E-state index contributed by atoms with van der Waals surface area (Å²) in [5.41, 5.74) is -0.386. The van der Waals surface area contributed by atoms with Crippen LogP contribution >= 0.6 is 0 Å². The summed E-state index contributed by atoms with van der Waals surface area (Å²) in [6.45, 7) is 8.61. The Morgan fingerprint density at radius 1 is 0.962 bits per heavy atom. The monoisotopic (exact) mass is 361 g/mol. The minimum atomic E-state index is -1.13. The molecular formula is C21H31NO4. The summed E-state index contributed by atoms with van der Waals surface area (Å²) in [5.74, 6) is 0.102. The first-order chi connectivity index (χ1) is 12.1. The molecule has 1 amide bonds. The average molecular weight is 361 g/mol. The molecule has 26 heavy (non-hydrogen) atoms. The van der Waals surface area contributed by atoms with Crippen LogP contribution < -0.4 is 5.32 Å². The van der Waals surface area contributed by atoms with E-state index in [0.29, 0.717) is 5.92 Å². The lowest BCUT2D eigenvalue weighted by Crippen LogP contribution is -2.52. The molecule has 0 heterocycles. The Kier molecular flexibility index (Phi) is 6.32. The van der Waals surface area contributed by atoms with Gasteiger partial charge >= 0.3 is 12.1 Å². The third kappa shape index (κ3) is 6.04. The highest BCUT2D eigenvalue weighted by atomic mass is 16.6. The van der Waals surface area contributed by atoms with Crippen molar-refractivity contribution in [2.24, 2.45) is 0 Å². The zero-order valence-corrected chi connectivity index (χ0v) is 16.5. The highest BCUT2D eigenvalue weighted by Gasteiger charge is 2.35. The van der Waals surface area contributed by atoms with Gasteiger partial charge in [-0.1, -0.05) is 30.3 Å².